The van der Waals surface area contributed by atoms with Gasteiger partial charge in [-0.3, -0.25) is 14.4 Å². The zero-order chi connectivity index (χ0) is 22.5. The van der Waals surface area contributed by atoms with Gasteiger partial charge in [0.05, 0.1) is 42.6 Å². The van der Waals surface area contributed by atoms with Gasteiger partial charge >= 0.3 is 0 Å². The number of ether oxygens (including phenoxy) is 1. The van der Waals surface area contributed by atoms with E-state index in [1.54, 1.807) is 23.5 Å². The van der Waals surface area contributed by atoms with Crippen LogP contribution in [0.2, 0.25) is 0 Å². The van der Waals surface area contributed by atoms with E-state index >= 15 is 0 Å². The summed E-state index contributed by atoms with van der Waals surface area (Å²) in [6, 6.07) is 1.85. The van der Waals surface area contributed by atoms with Crippen LogP contribution in [0.3, 0.4) is 0 Å². The predicted octanol–water partition coefficient (Wildman–Crippen LogP) is 3.73. The number of anilines is 2. The van der Waals surface area contributed by atoms with E-state index in [1.165, 1.54) is 11.5 Å². The van der Waals surface area contributed by atoms with Crippen LogP contribution in [0.5, 0.6) is 0 Å². The highest BCUT2D eigenvalue weighted by molar-refractivity contribution is 7.10. The Kier molecular flexibility index (Phi) is 7.02. The average Bonchev–Trinajstić information content (AvgIpc) is 3.48. The van der Waals surface area contributed by atoms with Gasteiger partial charge in [0.15, 0.2) is 11.5 Å². The number of hydrogen-bond acceptors (Lipinski definition) is 8. The minimum absolute atomic E-state index is 0.320. The third-order valence-electron chi connectivity index (χ3n) is 4.75. The summed E-state index contributed by atoms with van der Waals surface area (Å²) in [4.78, 5) is 10.7. The first kappa shape index (κ1) is 22.2. The highest BCUT2D eigenvalue weighted by atomic mass is 32.1. The van der Waals surface area contributed by atoms with Crippen LogP contribution in [0.1, 0.15) is 18.3 Å². The quantitative estimate of drug-likeness (QED) is 0.328. The number of H-pyrrole nitrogens is 1. The second-order valence-corrected chi connectivity index (χ2v) is 7.99. The normalized spacial score (nSPS) is 11.8. The highest BCUT2D eigenvalue weighted by Crippen LogP contribution is 2.27. The lowest BCUT2D eigenvalue weighted by molar-refractivity contribution is 0.0583. The molecule has 0 spiro atoms. The van der Waals surface area contributed by atoms with Crippen LogP contribution < -0.4 is 5.32 Å². The molecule has 0 aliphatic carbocycles. The van der Waals surface area contributed by atoms with Crippen molar-refractivity contribution in [2.75, 3.05) is 31.6 Å². The largest absolute Gasteiger partial charge is 0.380 e. The molecule has 0 aliphatic heterocycles. The van der Waals surface area contributed by atoms with Gasteiger partial charge in [-0.15, -0.1) is 0 Å². The molecule has 9 nitrogen and oxygen atoms in total. The molecular formula is C20H24F2N8OS. The van der Waals surface area contributed by atoms with Crippen LogP contribution in [0.25, 0.3) is 16.9 Å². The number of aromatic amines is 1. The van der Waals surface area contributed by atoms with E-state index < -0.39 is 6.43 Å². The number of alkyl halides is 2. The zero-order valence-corrected chi connectivity index (χ0v) is 18.6. The zero-order valence-electron chi connectivity index (χ0n) is 17.8. The van der Waals surface area contributed by atoms with Gasteiger partial charge in [0, 0.05) is 37.7 Å². The molecule has 0 atom stereocenters. The topological polar surface area (TPSA) is 96.3 Å². The minimum atomic E-state index is -2.41. The standard InChI is InChI=1S/C20H24F2N8OS/c1-3-31-5-4-29(12-17(21)22)11-15-6-18(32-28-15)27-19-20-23-9-16(14-7-24-25-8-14)30(20)10-13(2)26-19/h6-10,17H,3-5,11-12H2,1-2H3,(H,24,25)(H,26,27). The van der Waals surface area contributed by atoms with E-state index in [4.69, 9.17) is 4.74 Å². The first-order valence-corrected chi connectivity index (χ1v) is 11.0. The van der Waals surface area contributed by atoms with Crippen LogP contribution >= 0.6 is 11.5 Å². The van der Waals surface area contributed by atoms with Crippen molar-refractivity contribution in [2.24, 2.45) is 0 Å². The van der Waals surface area contributed by atoms with Gasteiger partial charge < -0.3 is 10.1 Å². The summed E-state index contributed by atoms with van der Waals surface area (Å²) < 4.78 is 37.6. The maximum absolute atomic E-state index is 12.9. The Morgan fingerprint density at radius 2 is 2.22 bits per heavy atom. The third kappa shape index (κ3) is 5.26. The molecule has 0 saturated heterocycles. The first-order chi connectivity index (χ1) is 15.5. The van der Waals surface area contributed by atoms with Gasteiger partial charge in [-0.25, -0.2) is 18.7 Å². The number of imidazole rings is 1. The maximum Gasteiger partial charge on any atom is 0.251 e. The molecule has 0 bridgehead atoms. The number of nitrogens with one attached hydrogen (secondary N) is 2. The molecule has 4 heterocycles. The van der Waals surface area contributed by atoms with Crippen LogP contribution in [-0.2, 0) is 11.3 Å². The Balaban J connectivity index is 1.51. The van der Waals surface area contributed by atoms with Crippen molar-refractivity contribution in [3.8, 4) is 11.3 Å². The Bertz CT molecular complexity index is 1140. The monoisotopic (exact) mass is 462 g/mol. The second-order valence-electron chi connectivity index (χ2n) is 7.19. The number of hydrogen-bond donors (Lipinski definition) is 2. The number of rotatable bonds is 11. The summed E-state index contributed by atoms with van der Waals surface area (Å²) in [5, 5.41) is 10.9. The lowest BCUT2D eigenvalue weighted by atomic mass is 10.3. The molecule has 0 unspecified atom stereocenters. The molecule has 0 aliphatic rings. The predicted molar refractivity (Wildman–Crippen MR) is 118 cm³/mol. The summed E-state index contributed by atoms with van der Waals surface area (Å²) >= 11 is 1.25. The van der Waals surface area contributed by atoms with Crippen LogP contribution in [-0.4, -0.2) is 66.6 Å². The number of fused-ring (bicyclic) bond motifs is 1. The van der Waals surface area contributed by atoms with Crippen molar-refractivity contribution in [1.29, 1.82) is 0 Å². The number of aromatic nitrogens is 6. The molecule has 12 heteroatoms. The number of nitrogens with zero attached hydrogens (tertiary/aromatic N) is 6. The molecule has 2 N–H and O–H groups in total. The first-order valence-electron chi connectivity index (χ1n) is 10.2. The van der Waals surface area contributed by atoms with Crippen molar-refractivity contribution in [3.05, 3.63) is 42.2 Å². The molecule has 4 rings (SSSR count). The lowest BCUT2D eigenvalue weighted by Gasteiger charge is -2.20. The van der Waals surface area contributed by atoms with Gasteiger partial charge in [-0.05, 0) is 31.4 Å². The molecule has 0 aromatic carbocycles. The molecular weight excluding hydrogens is 438 g/mol. The fourth-order valence-electron chi connectivity index (χ4n) is 3.36. The Morgan fingerprint density at radius 3 is 2.97 bits per heavy atom. The molecule has 0 fully saturated rings. The van der Waals surface area contributed by atoms with E-state index in [2.05, 4.69) is 29.9 Å². The molecule has 4 aromatic heterocycles. The van der Waals surface area contributed by atoms with E-state index in [-0.39, 0.29) is 6.54 Å². The fraction of sp³-hybridized carbons (Fsp3) is 0.400. The number of halogens is 2. The van der Waals surface area contributed by atoms with Crippen LogP contribution in [0, 0.1) is 6.92 Å². The Morgan fingerprint density at radius 1 is 1.34 bits per heavy atom. The van der Waals surface area contributed by atoms with Gasteiger partial charge in [-0.2, -0.15) is 9.47 Å². The van der Waals surface area contributed by atoms with Gasteiger partial charge in [0.1, 0.15) is 5.00 Å². The van der Waals surface area contributed by atoms with Crippen LogP contribution in [0.15, 0.2) is 30.9 Å². The Labute approximate surface area is 187 Å². The van der Waals surface area contributed by atoms with Crippen molar-refractivity contribution in [3.63, 3.8) is 0 Å². The lowest BCUT2D eigenvalue weighted by Crippen LogP contribution is -2.31. The minimum Gasteiger partial charge on any atom is -0.380 e. The van der Waals surface area contributed by atoms with E-state index in [9.17, 15) is 8.78 Å². The van der Waals surface area contributed by atoms with Crippen molar-refractivity contribution in [1.82, 2.24) is 33.8 Å². The molecule has 32 heavy (non-hydrogen) atoms. The summed E-state index contributed by atoms with van der Waals surface area (Å²) in [5.41, 5.74) is 3.99. The summed E-state index contributed by atoms with van der Waals surface area (Å²) in [5.74, 6) is 0.593. The summed E-state index contributed by atoms with van der Waals surface area (Å²) in [7, 11) is 0. The number of aryl methyl sites for hydroxylation is 1. The Hall–Kier alpha value is -2.96. The molecule has 170 valence electrons. The molecule has 0 amide bonds. The smallest absolute Gasteiger partial charge is 0.251 e. The van der Waals surface area contributed by atoms with E-state index in [1.807, 2.05) is 30.5 Å². The van der Waals surface area contributed by atoms with Gasteiger partial charge in [0.2, 0.25) is 0 Å². The van der Waals surface area contributed by atoms with E-state index in [0.29, 0.717) is 43.5 Å². The van der Waals surface area contributed by atoms with Crippen molar-refractivity contribution >= 4 is 28.0 Å². The van der Waals surface area contributed by atoms with Crippen molar-refractivity contribution in [2.45, 2.75) is 26.8 Å². The maximum atomic E-state index is 12.9. The SMILES string of the molecule is CCOCCN(Cc1cc(Nc2nc(C)cn3c(-c4cn[nH]c4)cnc23)sn1)CC(F)F. The van der Waals surface area contributed by atoms with Gasteiger partial charge in [-0.1, -0.05) is 0 Å². The third-order valence-corrected chi connectivity index (χ3v) is 5.49. The van der Waals surface area contributed by atoms with E-state index in [0.717, 1.165) is 22.0 Å². The second kappa shape index (κ2) is 10.1. The summed E-state index contributed by atoms with van der Waals surface area (Å²) in [6.45, 7) is 5.17. The molecule has 4 aromatic rings. The summed E-state index contributed by atoms with van der Waals surface area (Å²) in [6.07, 6.45) is 4.80. The van der Waals surface area contributed by atoms with Crippen molar-refractivity contribution < 1.29 is 13.5 Å². The average molecular weight is 463 g/mol. The highest BCUT2D eigenvalue weighted by Gasteiger charge is 2.16. The fourth-order valence-corrected chi connectivity index (χ4v) is 4.01. The molecule has 0 saturated carbocycles. The van der Waals surface area contributed by atoms with Crippen LogP contribution in [0.4, 0.5) is 19.6 Å². The van der Waals surface area contributed by atoms with Gasteiger partial charge in [0.25, 0.3) is 6.43 Å². The molecule has 0 radical (unpaired) electrons.